The van der Waals surface area contributed by atoms with Gasteiger partial charge in [-0.3, -0.25) is 0 Å². The molecule has 24 heavy (non-hydrogen) atoms. The predicted octanol–water partition coefficient (Wildman–Crippen LogP) is 4.65. The molecule has 120 valence electrons. The van der Waals surface area contributed by atoms with Crippen LogP contribution in [-0.2, 0) is 6.61 Å². The van der Waals surface area contributed by atoms with Crippen molar-refractivity contribution < 1.29 is 9.52 Å². The van der Waals surface area contributed by atoms with Crippen molar-refractivity contribution in [2.45, 2.75) is 19.6 Å². The fraction of sp³-hybridized carbons (Fsp3) is 0.150. The number of anilines is 1. The summed E-state index contributed by atoms with van der Waals surface area (Å²) in [5, 5.41) is 15.1. The molecule has 4 nitrogen and oxygen atoms in total. The van der Waals surface area contributed by atoms with E-state index in [-0.39, 0.29) is 12.6 Å². The molecular weight excluding hydrogens is 300 g/mol. The Morgan fingerprint density at radius 1 is 1.04 bits per heavy atom. The fourth-order valence-corrected chi connectivity index (χ4v) is 2.90. The van der Waals surface area contributed by atoms with Crippen molar-refractivity contribution in [3.63, 3.8) is 0 Å². The molecule has 4 heteroatoms. The number of aliphatic hydroxyl groups excluding tert-OH is 1. The first kappa shape index (κ1) is 14.7. The molecule has 0 aliphatic carbocycles. The van der Waals surface area contributed by atoms with Crippen molar-refractivity contribution in [1.29, 1.82) is 0 Å². The Morgan fingerprint density at radius 3 is 2.58 bits per heavy atom. The number of aliphatic hydroxyl groups is 1. The van der Waals surface area contributed by atoms with E-state index >= 15 is 0 Å². The fourth-order valence-electron chi connectivity index (χ4n) is 2.90. The summed E-state index contributed by atoms with van der Waals surface area (Å²) in [4.78, 5) is 4.65. The average Bonchev–Trinajstić information content (AvgIpc) is 3.05. The largest absolute Gasteiger partial charge is 0.459 e. The van der Waals surface area contributed by atoms with E-state index in [1.165, 1.54) is 0 Å². The third-order valence-electron chi connectivity index (χ3n) is 4.20. The molecule has 4 aromatic rings. The summed E-state index contributed by atoms with van der Waals surface area (Å²) in [6.07, 6.45) is 0. The van der Waals surface area contributed by atoms with Crippen LogP contribution in [0.5, 0.6) is 0 Å². The molecule has 2 N–H and O–H groups in total. The van der Waals surface area contributed by atoms with Crippen molar-refractivity contribution in [3.8, 4) is 0 Å². The monoisotopic (exact) mass is 318 g/mol. The molecule has 4 rings (SSSR count). The third kappa shape index (κ3) is 2.61. The van der Waals surface area contributed by atoms with Gasteiger partial charge in [0.25, 0.3) is 0 Å². The number of nitrogens with zero attached hydrogens (tertiary/aromatic N) is 1. The lowest BCUT2D eigenvalue weighted by Gasteiger charge is -2.15. The third-order valence-corrected chi connectivity index (χ3v) is 4.20. The predicted molar refractivity (Wildman–Crippen MR) is 95.9 cm³/mol. The molecule has 0 unspecified atom stereocenters. The summed E-state index contributed by atoms with van der Waals surface area (Å²) in [7, 11) is 0. The van der Waals surface area contributed by atoms with Gasteiger partial charge in [0.1, 0.15) is 17.2 Å². The minimum atomic E-state index is -0.0625. The number of rotatable bonds is 4. The first-order valence-electron chi connectivity index (χ1n) is 7.99. The van der Waals surface area contributed by atoms with Crippen LogP contribution < -0.4 is 5.32 Å². The van der Waals surface area contributed by atoms with Gasteiger partial charge in [0, 0.05) is 16.3 Å². The molecule has 2 heterocycles. The molecule has 0 radical (unpaired) electrons. The molecule has 0 aliphatic rings. The van der Waals surface area contributed by atoms with Gasteiger partial charge in [0.15, 0.2) is 0 Å². The first-order valence-corrected chi connectivity index (χ1v) is 7.99. The molecule has 2 aromatic carbocycles. The van der Waals surface area contributed by atoms with Gasteiger partial charge in [-0.1, -0.05) is 36.4 Å². The Hall–Kier alpha value is -2.85. The van der Waals surface area contributed by atoms with Crippen LogP contribution in [0.15, 0.2) is 65.1 Å². The van der Waals surface area contributed by atoms with E-state index in [0.717, 1.165) is 33.2 Å². The number of nitrogens with one attached hydrogen (secondary N) is 1. The number of furan rings is 1. The van der Waals surface area contributed by atoms with E-state index in [1.54, 1.807) is 0 Å². The Balaban J connectivity index is 1.69. The molecule has 0 fully saturated rings. The average molecular weight is 318 g/mol. The zero-order chi connectivity index (χ0) is 16.5. The zero-order valence-corrected chi connectivity index (χ0v) is 13.4. The van der Waals surface area contributed by atoms with Crippen LogP contribution >= 0.6 is 0 Å². The molecule has 0 bridgehead atoms. The molecule has 0 aliphatic heterocycles. The second-order valence-electron chi connectivity index (χ2n) is 5.90. The number of fused-ring (bicyclic) bond motifs is 2. The maximum absolute atomic E-state index is 9.67. The SMILES string of the molecule is C[C@@H](Nc1nc2ccccc2cc1CO)c1cc2ccccc2o1. The maximum atomic E-state index is 9.67. The lowest BCUT2D eigenvalue weighted by atomic mass is 10.1. The highest BCUT2D eigenvalue weighted by molar-refractivity contribution is 5.82. The van der Waals surface area contributed by atoms with Gasteiger partial charge in [-0.25, -0.2) is 4.98 Å². The van der Waals surface area contributed by atoms with Crippen LogP contribution in [0.3, 0.4) is 0 Å². The van der Waals surface area contributed by atoms with E-state index in [0.29, 0.717) is 5.82 Å². The normalized spacial score (nSPS) is 12.6. The molecular formula is C20H18N2O2. The first-order chi connectivity index (χ1) is 11.7. The van der Waals surface area contributed by atoms with E-state index in [2.05, 4.69) is 10.3 Å². The van der Waals surface area contributed by atoms with Crippen molar-refractivity contribution in [2.75, 3.05) is 5.32 Å². The van der Waals surface area contributed by atoms with Crippen LogP contribution in [0, 0.1) is 0 Å². The lowest BCUT2D eigenvalue weighted by Crippen LogP contribution is -2.09. The quantitative estimate of drug-likeness (QED) is 0.575. The van der Waals surface area contributed by atoms with Crippen LogP contribution in [0.1, 0.15) is 24.3 Å². The van der Waals surface area contributed by atoms with Gasteiger partial charge in [0.2, 0.25) is 0 Å². The van der Waals surface area contributed by atoms with Crippen LogP contribution in [0.4, 0.5) is 5.82 Å². The molecule has 0 amide bonds. The molecule has 0 saturated carbocycles. The molecule has 0 saturated heterocycles. The molecule has 1 atom stereocenters. The highest BCUT2D eigenvalue weighted by Gasteiger charge is 2.14. The van der Waals surface area contributed by atoms with E-state index in [4.69, 9.17) is 4.42 Å². The van der Waals surface area contributed by atoms with Crippen molar-refractivity contribution in [2.24, 2.45) is 0 Å². The summed E-state index contributed by atoms with van der Waals surface area (Å²) < 4.78 is 5.91. The van der Waals surface area contributed by atoms with Gasteiger partial charge < -0.3 is 14.8 Å². The van der Waals surface area contributed by atoms with Crippen LogP contribution in [0.25, 0.3) is 21.9 Å². The maximum Gasteiger partial charge on any atom is 0.134 e. The van der Waals surface area contributed by atoms with Gasteiger partial charge in [-0.15, -0.1) is 0 Å². The van der Waals surface area contributed by atoms with Crippen molar-refractivity contribution in [3.05, 3.63) is 72.0 Å². The zero-order valence-electron chi connectivity index (χ0n) is 13.4. The minimum Gasteiger partial charge on any atom is -0.459 e. The van der Waals surface area contributed by atoms with Gasteiger partial charge in [-0.2, -0.15) is 0 Å². The Labute approximate surface area is 139 Å². The number of benzene rings is 2. The summed E-state index contributed by atoms with van der Waals surface area (Å²) in [5.74, 6) is 1.53. The summed E-state index contributed by atoms with van der Waals surface area (Å²) in [5.41, 5.74) is 2.54. The minimum absolute atomic E-state index is 0.0589. The van der Waals surface area contributed by atoms with E-state index in [1.807, 2.05) is 67.6 Å². The number of pyridine rings is 1. The summed E-state index contributed by atoms with van der Waals surface area (Å²) in [6.45, 7) is 1.96. The van der Waals surface area contributed by atoms with E-state index in [9.17, 15) is 5.11 Å². The topological polar surface area (TPSA) is 58.3 Å². The van der Waals surface area contributed by atoms with Gasteiger partial charge in [-0.05, 0) is 31.2 Å². The van der Waals surface area contributed by atoms with Gasteiger partial charge in [0.05, 0.1) is 18.2 Å². The molecule has 0 spiro atoms. The second kappa shape index (κ2) is 5.98. The summed E-state index contributed by atoms with van der Waals surface area (Å²) >= 11 is 0. The standard InChI is InChI=1S/C20H18N2O2/c1-13(19-11-15-7-3-5-9-18(15)24-19)21-20-16(12-23)10-14-6-2-4-8-17(14)22-20/h2-11,13,23H,12H2,1H3,(H,21,22)/t13-/m1/s1. The van der Waals surface area contributed by atoms with E-state index < -0.39 is 0 Å². The lowest BCUT2D eigenvalue weighted by molar-refractivity contribution is 0.282. The number of para-hydroxylation sites is 2. The number of hydrogen-bond acceptors (Lipinski definition) is 4. The Bertz CT molecular complexity index is 974. The smallest absolute Gasteiger partial charge is 0.134 e. The van der Waals surface area contributed by atoms with Crippen molar-refractivity contribution in [1.82, 2.24) is 4.98 Å². The van der Waals surface area contributed by atoms with Crippen LogP contribution in [-0.4, -0.2) is 10.1 Å². The highest BCUT2D eigenvalue weighted by Crippen LogP contribution is 2.28. The van der Waals surface area contributed by atoms with Crippen LogP contribution in [0.2, 0.25) is 0 Å². The molecule has 2 aromatic heterocycles. The van der Waals surface area contributed by atoms with Gasteiger partial charge >= 0.3 is 0 Å². The Morgan fingerprint density at radius 2 is 1.79 bits per heavy atom. The second-order valence-corrected chi connectivity index (χ2v) is 5.90. The number of hydrogen-bond donors (Lipinski definition) is 2. The van der Waals surface area contributed by atoms with Crippen molar-refractivity contribution >= 4 is 27.7 Å². The summed E-state index contributed by atoms with van der Waals surface area (Å²) in [6, 6.07) is 19.8. The number of aromatic nitrogens is 1. The highest BCUT2D eigenvalue weighted by atomic mass is 16.3. The Kier molecular flexibility index (Phi) is 3.67.